The van der Waals surface area contributed by atoms with Crippen molar-refractivity contribution in [2.75, 3.05) is 4.72 Å². The number of rotatable bonds is 5. The summed E-state index contributed by atoms with van der Waals surface area (Å²) >= 11 is 17.6. The van der Waals surface area contributed by atoms with Crippen molar-refractivity contribution < 1.29 is 8.42 Å². The number of aliphatic imine (C=N–C) groups is 1. The van der Waals surface area contributed by atoms with Gasteiger partial charge >= 0.3 is 0 Å². The maximum atomic E-state index is 12.4. The molecule has 10 heteroatoms. The summed E-state index contributed by atoms with van der Waals surface area (Å²) in [7, 11) is -3.80. The van der Waals surface area contributed by atoms with Crippen molar-refractivity contribution in [2.24, 2.45) is 4.99 Å². The maximum absolute atomic E-state index is 12.4. The SMILES string of the molecule is O=S(=O)(Nc1ccc(Cl)nn1)c1ccc(N=Cc2ccc(Cl)cc2Cl)cc1. The van der Waals surface area contributed by atoms with E-state index >= 15 is 0 Å². The van der Waals surface area contributed by atoms with Gasteiger partial charge in [0.05, 0.1) is 15.6 Å². The fourth-order valence-electron chi connectivity index (χ4n) is 2.03. The largest absolute Gasteiger partial charge is 0.263 e. The lowest BCUT2D eigenvalue weighted by Crippen LogP contribution is -2.14. The molecular weight excluding hydrogens is 431 g/mol. The van der Waals surface area contributed by atoms with Crippen LogP contribution in [0.4, 0.5) is 11.5 Å². The molecule has 138 valence electrons. The molecule has 1 N–H and O–H groups in total. The number of anilines is 1. The summed E-state index contributed by atoms with van der Waals surface area (Å²) in [5.41, 5.74) is 1.26. The Labute approximate surface area is 170 Å². The summed E-state index contributed by atoms with van der Waals surface area (Å²) in [4.78, 5) is 4.34. The molecule has 0 amide bonds. The van der Waals surface area contributed by atoms with E-state index < -0.39 is 10.0 Å². The van der Waals surface area contributed by atoms with Gasteiger partial charge in [0.15, 0.2) is 11.0 Å². The van der Waals surface area contributed by atoms with Gasteiger partial charge in [-0.1, -0.05) is 40.9 Å². The molecule has 0 fully saturated rings. The lowest BCUT2D eigenvalue weighted by atomic mass is 10.2. The van der Waals surface area contributed by atoms with E-state index in [1.54, 1.807) is 36.5 Å². The van der Waals surface area contributed by atoms with E-state index in [0.29, 0.717) is 21.3 Å². The summed E-state index contributed by atoms with van der Waals surface area (Å²) in [6.45, 7) is 0. The predicted octanol–water partition coefficient (Wildman–Crippen LogP) is 4.99. The molecule has 0 radical (unpaired) electrons. The molecule has 1 aromatic heterocycles. The second-order valence-corrected chi connectivity index (χ2v) is 8.18. The number of halogens is 3. The number of aromatic nitrogens is 2. The Morgan fingerprint density at radius 3 is 2.30 bits per heavy atom. The Morgan fingerprint density at radius 2 is 1.67 bits per heavy atom. The fraction of sp³-hybridized carbons (Fsp3) is 0. The molecule has 0 aliphatic heterocycles. The molecule has 6 nitrogen and oxygen atoms in total. The van der Waals surface area contributed by atoms with Gasteiger partial charge in [-0.2, -0.15) is 0 Å². The lowest BCUT2D eigenvalue weighted by Gasteiger charge is -2.07. The first kappa shape index (κ1) is 19.6. The second-order valence-electron chi connectivity index (χ2n) is 5.26. The van der Waals surface area contributed by atoms with Gasteiger partial charge in [-0.15, -0.1) is 10.2 Å². The van der Waals surface area contributed by atoms with E-state index in [9.17, 15) is 8.42 Å². The van der Waals surface area contributed by atoms with Gasteiger partial charge in [0.25, 0.3) is 10.0 Å². The van der Waals surface area contributed by atoms with Crippen molar-refractivity contribution in [3.05, 3.63) is 75.4 Å². The van der Waals surface area contributed by atoms with Gasteiger partial charge in [0, 0.05) is 16.8 Å². The Kier molecular flexibility index (Phi) is 5.96. The summed E-state index contributed by atoms with van der Waals surface area (Å²) in [5, 5.41) is 8.42. The van der Waals surface area contributed by atoms with Crippen molar-refractivity contribution in [3.8, 4) is 0 Å². The van der Waals surface area contributed by atoms with Crippen molar-refractivity contribution in [1.82, 2.24) is 10.2 Å². The van der Waals surface area contributed by atoms with Crippen LogP contribution in [0.5, 0.6) is 0 Å². The minimum atomic E-state index is -3.80. The van der Waals surface area contributed by atoms with Gasteiger partial charge in [0.2, 0.25) is 0 Å². The third-order valence-electron chi connectivity index (χ3n) is 3.33. The summed E-state index contributed by atoms with van der Waals surface area (Å²) in [5.74, 6) is 0.0684. The molecule has 0 saturated carbocycles. The smallest absolute Gasteiger partial charge is 0.262 e. The number of hydrogen-bond donors (Lipinski definition) is 1. The first-order valence-corrected chi connectivity index (χ1v) is 10.1. The van der Waals surface area contributed by atoms with E-state index in [1.807, 2.05) is 0 Å². The molecule has 0 unspecified atom stereocenters. The Morgan fingerprint density at radius 1 is 0.926 bits per heavy atom. The second kappa shape index (κ2) is 8.22. The standard InChI is InChI=1S/C17H11Cl3N4O2S/c18-12-2-1-11(15(19)9-12)10-21-13-3-5-14(6-4-13)27(25,26)24-17-8-7-16(20)22-23-17/h1-10H,(H,23,24). The molecule has 3 rings (SSSR count). The highest BCUT2D eigenvalue weighted by Crippen LogP contribution is 2.22. The zero-order valence-corrected chi connectivity index (χ0v) is 16.6. The van der Waals surface area contributed by atoms with Crippen molar-refractivity contribution in [2.45, 2.75) is 4.90 Å². The molecule has 2 aromatic carbocycles. The van der Waals surface area contributed by atoms with Crippen molar-refractivity contribution >= 4 is 62.5 Å². The summed E-state index contributed by atoms with van der Waals surface area (Å²) in [6.07, 6.45) is 1.57. The molecule has 27 heavy (non-hydrogen) atoms. The van der Waals surface area contributed by atoms with E-state index in [2.05, 4.69) is 19.9 Å². The summed E-state index contributed by atoms with van der Waals surface area (Å²) < 4.78 is 27.1. The van der Waals surface area contributed by atoms with Crippen molar-refractivity contribution in [3.63, 3.8) is 0 Å². The molecular formula is C17H11Cl3N4O2S. The van der Waals surface area contributed by atoms with Gasteiger partial charge in [-0.3, -0.25) is 9.71 Å². The topological polar surface area (TPSA) is 84.3 Å². The minimum absolute atomic E-state index is 0.0581. The lowest BCUT2D eigenvalue weighted by molar-refractivity contribution is 0.601. The van der Waals surface area contributed by atoms with Gasteiger partial charge in [0.1, 0.15) is 0 Å². The zero-order chi connectivity index (χ0) is 19.4. The molecule has 0 saturated heterocycles. The van der Waals surface area contributed by atoms with Crippen LogP contribution in [0.1, 0.15) is 5.56 Å². The van der Waals surface area contributed by atoms with Crippen LogP contribution in [0.25, 0.3) is 0 Å². The Hall–Kier alpha value is -2.19. The maximum Gasteiger partial charge on any atom is 0.263 e. The number of nitrogens with zero attached hydrogens (tertiary/aromatic N) is 3. The van der Waals surface area contributed by atoms with Gasteiger partial charge in [-0.05, 0) is 48.5 Å². The fourth-order valence-corrected chi connectivity index (χ4v) is 3.58. The Balaban J connectivity index is 1.76. The molecule has 0 atom stereocenters. The number of benzene rings is 2. The van der Waals surface area contributed by atoms with Crippen molar-refractivity contribution in [1.29, 1.82) is 0 Å². The predicted molar refractivity (Wildman–Crippen MR) is 108 cm³/mol. The average Bonchev–Trinajstić information content (AvgIpc) is 2.63. The van der Waals surface area contributed by atoms with E-state index in [-0.39, 0.29) is 15.9 Å². The first-order valence-electron chi connectivity index (χ1n) is 7.45. The quantitative estimate of drug-likeness (QED) is 0.565. The minimum Gasteiger partial charge on any atom is -0.262 e. The van der Waals surface area contributed by atoms with E-state index in [1.165, 1.54) is 24.3 Å². The Bertz CT molecular complexity index is 1090. The monoisotopic (exact) mass is 440 g/mol. The van der Waals surface area contributed by atoms with Gasteiger partial charge in [-0.25, -0.2) is 8.42 Å². The van der Waals surface area contributed by atoms with Crippen LogP contribution in [0.15, 0.2) is 64.5 Å². The number of nitrogens with one attached hydrogen (secondary N) is 1. The molecule has 1 heterocycles. The average molecular weight is 442 g/mol. The third-order valence-corrected chi connectivity index (χ3v) is 5.47. The number of hydrogen-bond acceptors (Lipinski definition) is 5. The van der Waals surface area contributed by atoms with Gasteiger partial charge < -0.3 is 0 Å². The van der Waals surface area contributed by atoms with Crippen LogP contribution < -0.4 is 4.72 Å². The molecule has 0 aliphatic carbocycles. The van der Waals surface area contributed by atoms with Crippen LogP contribution in [-0.4, -0.2) is 24.8 Å². The highest BCUT2D eigenvalue weighted by atomic mass is 35.5. The van der Waals surface area contributed by atoms with E-state index in [4.69, 9.17) is 34.8 Å². The van der Waals surface area contributed by atoms with Crippen LogP contribution in [0, 0.1) is 0 Å². The van der Waals surface area contributed by atoms with Crippen LogP contribution in [0.3, 0.4) is 0 Å². The first-order chi connectivity index (χ1) is 12.8. The highest BCUT2D eigenvalue weighted by Gasteiger charge is 2.15. The van der Waals surface area contributed by atoms with Crippen LogP contribution in [0.2, 0.25) is 15.2 Å². The zero-order valence-electron chi connectivity index (χ0n) is 13.5. The number of sulfonamides is 1. The van der Waals surface area contributed by atoms with E-state index in [0.717, 1.165) is 0 Å². The van der Waals surface area contributed by atoms with Crippen LogP contribution >= 0.6 is 34.8 Å². The highest BCUT2D eigenvalue weighted by molar-refractivity contribution is 7.92. The normalized spacial score (nSPS) is 11.7. The summed E-state index contributed by atoms with van der Waals surface area (Å²) in [6, 6.07) is 13.9. The van der Waals surface area contributed by atoms with Crippen LogP contribution in [-0.2, 0) is 10.0 Å². The molecule has 3 aromatic rings. The molecule has 0 aliphatic rings. The molecule has 0 spiro atoms. The third kappa shape index (κ3) is 5.17. The molecule has 0 bridgehead atoms.